The molecule has 1 saturated carbocycles. The monoisotopic (exact) mass is 231 g/mol. The second kappa shape index (κ2) is 12.0. The van der Waals surface area contributed by atoms with Gasteiger partial charge in [-0.15, -0.1) is 0 Å². The summed E-state index contributed by atoms with van der Waals surface area (Å²) in [5.74, 6) is -0.716. The second-order valence-corrected chi connectivity index (χ2v) is 3.55. The van der Waals surface area contributed by atoms with Crippen molar-refractivity contribution in [3.63, 3.8) is 0 Å². The first kappa shape index (κ1) is 17.3. The SMILES string of the molecule is CC.CC(=O)NC1CCCCC1.CC(=O)O. The molecule has 0 saturated heterocycles. The topological polar surface area (TPSA) is 66.4 Å². The van der Waals surface area contributed by atoms with Gasteiger partial charge in [0.15, 0.2) is 0 Å². The summed E-state index contributed by atoms with van der Waals surface area (Å²) in [7, 11) is 0. The van der Waals surface area contributed by atoms with E-state index in [0.717, 1.165) is 6.92 Å². The van der Waals surface area contributed by atoms with Gasteiger partial charge in [-0.25, -0.2) is 0 Å². The number of amides is 1. The normalized spacial score (nSPS) is 14.8. The van der Waals surface area contributed by atoms with Crippen LogP contribution in [-0.4, -0.2) is 23.0 Å². The van der Waals surface area contributed by atoms with Crippen LogP contribution in [0.4, 0.5) is 0 Å². The predicted octanol–water partition coefficient (Wildman–Crippen LogP) is 2.57. The minimum Gasteiger partial charge on any atom is -0.481 e. The zero-order chi connectivity index (χ0) is 13.0. The first-order chi connectivity index (χ1) is 7.52. The average molecular weight is 231 g/mol. The molecule has 0 aromatic heterocycles. The van der Waals surface area contributed by atoms with Gasteiger partial charge in [-0.2, -0.15) is 0 Å². The Morgan fingerprint density at radius 3 is 1.75 bits per heavy atom. The molecule has 0 unspecified atom stereocenters. The van der Waals surface area contributed by atoms with E-state index in [2.05, 4.69) is 5.32 Å². The summed E-state index contributed by atoms with van der Waals surface area (Å²) < 4.78 is 0. The molecule has 16 heavy (non-hydrogen) atoms. The van der Waals surface area contributed by atoms with E-state index >= 15 is 0 Å². The van der Waals surface area contributed by atoms with E-state index in [1.54, 1.807) is 6.92 Å². The highest BCUT2D eigenvalue weighted by Gasteiger charge is 2.12. The summed E-state index contributed by atoms with van der Waals surface area (Å²) in [5.41, 5.74) is 0. The van der Waals surface area contributed by atoms with Crippen LogP contribution < -0.4 is 5.32 Å². The van der Waals surface area contributed by atoms with Crippen molar-refractivity contribution in [2.24, 2.45) is 0 Å². The number of carboxylic acid groups (broad SMARTS) is 1. The lowest BCUT2D eigenvalue weighted by Crippen LogP contribution is -2.34. The standard InChI is InChI=1S/C8H15NO.C2H4O2.C2H6/c1-7(10)9-8-5-3-2-4-6-8;1-2(3)4;1-2/h8H,2-6H2,1H3,(H,9,10);1H3,(H,3,4);1-2H3. The molecule has 1 amide bonds. The van der Waals surface area contributed by atoms with Gasteiger partial charge >= 0.3 is 0 Å². The van der Waals surface area contributed by atoms with Crippen molar-refractivity contribution in [3.05, 3.63) is 0 Å². The van der Waals surface area contributed by atoms with Crippen LogP contribution >= 0.6 is 0 Å². The minimum atomic E-state index is -0.833. The van der Waals surface area contributed by atoms with Crippen molar-refractivity contribution in [2.45, 2.75) is 65.8 Å². The molecule has 1 aliphatic carbocycles. The van der Waals surface area contributed by atoms with Crippen molar-refractivity contribution >= 4 is 11.9 Å². The molecule has 0 aromatic rings. The van der Waals surface area contributed by atoms with Gasteiger partial charge in [0.1, 0.15) is 0 Å². The number of nitrogens with one attached hydrogen (secondary N) is 1. The van der Waals surface area contributed by atoms with Crippen LogP contribution in [0.25, 0.3) is 0 Å². The van der Waals surface area contributed by atoms with Crippen molar-refractivity contribution < 1.29 is 14.7 Å². The third kappa shape index (κ3) is 15.4. The Hall–Kier alpha value is -1.06. The van der Waals surface area contributed by atoms with E-state index in [1.807, 2.05) is 13.8 Å². The lowest BCUT2D eigenvalue weighted by molar-refractivity contribution is -0.134. The number of hydrogen-bond donors (Lipinski definition) is 2. The molecule has 4 heteroatoms. The number of carboxylic acids is 1. The minimum absolute atomic E-state index is 0.118. The van der Waals surface area contributed by atoms with Gasteiger partial charge in [0, 0.05) is 19.9 Å². The van der Waals surface area contributed by atoms with Crippen LogP contribution in [-0.2, 0) is 9.59 Å². The van der Waals surface area contributed by atoms with Crippen molar-refractivity contribution in [3.8, 4) is 0 Å². The predicted molar refractivity (Wildman–Crippen MR) is 65.3 cm³/mol. The quantitative estimate of drug-likeness (QED) is 0.729. The van der Waals surface area contributed by atoms with Crippen LogP contribution in [0.1, 0.15) is 59.8 Å². The molecule has 1 fully saturated rings. The van der Waals surface area contributed by atoms with Crippen LogP contribution in [0, 0.1) is 0 Å². The third-order valence-electron chi connectivity index (χ3n) is 2.01. The molecule has 0 aliphatic heterocycles. The van der Waals surface area contributed by atoms with Gasteiger partial charge in [0.05, 0.1) is 0 Å². The van der Waals surface area contributed by atoms with Gasteiger partial charge in [-0.3, -0.25) is 9.59 Å². The Kier molecular flexibility index (Phi) is 13.0. The highest BCUT2D eigenvalue weighted by Crippen LogP contribution is 2.16. The Balaban J connectivity index is 0. The maximum atomic E-state index is 10.6. The molecule has 2 N–H and O–H groups in total. The van der Waals surface area contributed by atoms with E-state index in [4.69, 9.17) is 9.90 Å². The molecule has 0 heterocycles. The number of carbonyl (C=O) groups is 2. The Morgan fingerprint density at radius 2 is 1.44 bits per heavy atom. The van der Waals surface area contributed by atoms with Crippen molar-refractivity contribution in [1.82, 2.24) is 5.32 Å². The first-order valence-corrected chi connectivity index (χ1v) is 5.99. The van der Waals surface area contributed by atoms with Crippen molar-refractivity contribution in [1.29, 1.82) is 0 Å². The molecule has 0 spiro atoms. The molecular formula is C12H25NO3. The number of rotatable bonds is 1. The fourth-order valence-corrected chi connectivity index (χ4v) is 1.53. The van der Waals surface area contributed by atoms with Gasteiger partial charge in [0.2, 0.25) is 5.91 Å². The zero-order valence-electron chi connectivity index (χ0n) is 10.9. The average Bonchev–Trinajstić information content (AvgIpc) is 2.20. The van der Waals surface area contributed by atoms with Gasteiger partial charge in [0.25, 0.3) is 5.97 Å². The smallest absolute Gasteiger partial charge is 0.300 e. The molecule has 0 bridgehead atoms. The van der Waals surface area contributed by atoms with E-state index in [-0.39, 0.29) is 5.91 Å². The highest BCUT2D eigenvalue weighted by molar-refractivity contribution is 5.73. The van der Waals surface area contributed by atoms with E-state index in [0.29, 0.717) is 6.04 Å². The number of carbonyl (C=O) groups excluding carboxylic acids is 1. The highest BCUT2D eigenvalue weighted by atomic mass is 16.4. The fourth-order valence-electron chi connectivity index (χ4n) is 1.53. The van der Waals surface area contributed by atoms with E-state index in [1.165, 1.54) is 32.1 Å². The van der Waals surface area contributed by atoms with E-state index < -0.39 is 5.97 Å². The molecule has 0 radical (unpaired) electrons. The summed E-state index contributed by atoms with van der Waals surface area (Å²) in [6.07, 6.45) is 6.27. The Bertz CT molecular complexity index is 183. The summed E-state index contributed by atoms with van der Waals surface area (Å²) in [6, 6.07) is 0.478. The van der Waals surface area contributed by atoms with Crippen molar-refractivity contribution in [2.75, 3.05) is 0 Å². The molecule has 4 nitrogen and oxygen atoms in total. The number of hydrogen-bond acceptors (Lipinski definition) is 2. The number of aliphatic carboxylic acids is 1. The van der Waals surface area contributed by atoms with Gasteiger partial charge in [-0.1, -0.05) is 33.1 Å². The molecule has 1 rings (SSSR count). The lowest BCUT2D eigenvalue weighted by Gasteiger charge is -2.21. The Labute approximate surface area is 98.4 Å². The van der Waals surface area contributed by atoms with E-state index in [9.17, 15) is 4.79 Å². The van der Waals surface area contributed by atoms with Crippen LogP contribution in [0.5, 0.6) is 0 Å². The maximum absolute atomic E-state index is 10.6. The third-order valence-corrected chi connectivity index (χ3v) is 2.01. The molecule has 0 aromatic carbocycles. The lowest BCUT2D eigenvalue weighted by atomic mass is 9.95. The van der Waals surface area contributed by atoms with Gasteiger partial charge in [-0.05, 0) is 12.8 Å². The molecule has 0 atom stereocenters. The fraction of sp³-hybridized carbons (Fsp3) is 0.833. The second-order valence-electron chi connectivity index (χ2n) is 3.55. The molecular weight excluding hydrogens is 206 g/mol. The largest absolute Gasteiger partial charge is 0.481 e. The Morgan fingerprint density at radius 1 is 1.06 bits per heavy atom. The van der Waals surface area contributed by atoms with Crippen LogP contribution in [0.15, 0.2) is 0 Å². The maximum Gasteiger partial charge on any atom is 0.300 e. The summed E-state index contributed by atoms with van der Waals surface area (Å²) >= 11 is 0. The zero-order valence-corrected chi connectivity index (χ0v) is 10.9. The summed E-state index contributed by atoms with van der Waals surface area (Å²) in [5, 5.41) is 10.4. The van der Waals surface area contributed by atoms with Crippen LogP contribution in [0.3, 0.4) is 0 Å². The molecule has 96 valence electrons. The summed E-state index contributed by atoms with van der Waals surface area (Å²) in [6.45, 7) is 6.68. The van der Waals surface area contributed by atoms with Gasteiger partial charge < -0.3 is 10.4 Å². The van der Waals surface area contributed by atoms with Crippen LogP contribution in [0.2, 0.25) is 0 Å². The molecule has 1 aliphatic rings. The summed E-state index contributed by atoms with van der Waals surface area (Å²) in [4.78, 5) is 19.6. The first-order valence-electron chi connectivity index (χ1n) is 5.99.